The first kappa shape index (κ1) is 18.9. The van der Waals surface area contributed by atoms with Crippen LogP contribution >= 0.6 is 12.3 Å². The predicted molar refractivity (Wildman–Crippen MR) is 105 cm³/mol. The highest BCUT2D eigenvalue weighted by Gasteiger charge is 2.19. The molecule has 10 heteroatoms. The van der Waals surface area contributed by atoms with Gasteiger partial charge in [0.15, 0.2) is 23.9 Å². The lowest BCUT2D eigenvalue weighted by molar-refractivity contribution is 0.425. The van der Waals surface area contributed by atoms with Crippen LogP contribution in [-0.4, -0.2) is 13.5 Å². The van der Waals surface area contributed by atoms with Crippen molar-refractivity contribution in [1.82, 2.24) is 13.5 Å². The van der Waals surface area contributed by atoms with Gasteiger partial charge in [-0.15, -0.1) is 3.89 Å². The van der Waals surface area contributed by atoms with Crippen molar-refractivity contribution in [2.75, 3.05) is 5.73 Å². The molecule has 0 fully saturated rings. The minimum atomic E-state index is -0.914. The molecule has 0 radical (unpaired) electrons. The molecule has 4 aromatic rings. The van der Waals surface area contributed by atoms with E-state index >= 15 is 0 Å². The second-order valence-electron chi connectivity index (χ2n) is 6.23. The van der Waals surface area contributed by atoms with Crippen LogP contribution in [0.25, 0.3) is 22.0 Å². The van der Waals surface area contributed by atoms with E-state index in [-0.39, 0.29) is 46.1 Å². The fourth-order valence-electron chi connectivity index (χ4n) is 3.01. The Morgan fingerprint density at radius 2 is 1.97 bits per heavy atom. The van der Waals surface area contributed by atoms with Gasteiger partial charge in [-0.3, -0.25) is 8.77 Å². The van der Waals surface area contributed by atoms with Crippen molar-refractivity contribution < 1.29 is 17.4 Å². The highest BCUT2D eigenvalue weighted by atomic mass is 32.2. The fraction of sp³-hybridized carbons (Fsp3) is 0.0526. The Hall–Kier alpha value is -3.40. The summed E-state index contributed by atoms with van der Waals surface area (Å²) in [6.45, 7) is 0. The maximum absolute atomic E-state index is 14.1. The summed E-state index contributed by atoms with van der Waals surface area (Å²) in [7, 11) is 1.55. The third-order valence-electron chi connectivity index (χ3n) is 4.32. The van der Waals surface area contributed by atoms with Crippen molar-refractivity contribution in [1.29, 1.82) is 0 Å². The van der Waals surface area contributed by atoms with E-state index in [4.69, 9.17) is 10.5 Å². The summed E-state index contributed by atoms with van der Waals surface area (Å²) in [4.78, 5) is 16.5. The van der Waals surface area contributed by atoms with Gasteiger partial charge >= 0.3 is 0 Å². The average Bonchev–Trinajstić information content (AvgIpc) is 3.12. The first-order chi connectivity index (χ1) is 13.9. The van der Waals surface area contributed by atoms with E-state index in [0.29, 0.717) is 17.2 Å². The maximum atomic E-state index is 14.1. The smallest absolute Gasteiger partial charge is 0.259 e. The number of halogens is 3. The van der Waals surface area contributed by atoms with Gasteiger partial charge in [-0.05, 0) is 24.3 Å². The molecule has 0 spiro atoms. The van der Waals surface area contributed by atoms with Gasteiger partial charge in [-0.25, -0.2) is 13.8 Å². The normalized spacial score (nSPS) is 11.2. The number of ether oxygens (including phenoxy) is 1. The molecular weight excluding hydrogens is 405 g/mol. The van der Waals surface area contributed by atoms with Gasteiger partial charge in [0.2, 0.25) is 5.88 Å². The highest BCUT2D eigenvalue weighted by molar-refractivity contribution is 7.92. The molecule has 148 valence electrons. The number of aromatic nitrogens is 3. The number of rotatable bonds is 4. The second kappa shape index (κ2) is 7.21. The Kier molecular flexibility index (Phi) is 4.71. The molecule has 0 amide bonds. The Morgan fingerprint density at radius 1 is 1.17 bits per heavy atom. The van der Waals surface area contributed by atoms with Crippen molar-refractivity contribution in [3.63, 3.8) is 0 Å². The number of anilines is 1. The number of nitrogen functional groups attached to an aromatic ring is 1. The van der Waals surface area contributed by atoms with Crippen LogP contribution in [-0.2, 0) is 7.05 Å². The van der Waals surface area contributed by atoms with Gasteiger partial charge in [0, 0.05) is 31.1 Å². The molecule has 0 saturated heterocycles. The fourth-order valence-corrected chi connectivity index (χ4v) is 3.39. The average molecular weight is 418 g/mol. The second-order valence-corrected chi connectivity index (χ2v) is 6.76. The summed E-state index contributed by atoms with van der Waals surface area (Å²) in [5.74, 6) is -1.96. The molecule has 2 N–H and O–H groups in total. The van der Waals surface area contributed by atoms with Crippen molar-refractivity contribution in [3.8, 4) is 22.8 Å². The molecule has 3 heterocycles. The first-order valence-electron chi connectivity index (χ1n) is 8.27. The van der Waals surface area contributed by atoms with E-state index in [9.17, 15) is 17.5 Å². The molecular formula is C19H13F3N4O2S. The van der Waals surface area contributed by atoms with Gasteiger partial charge in [0.25, 0.3) is 5.56 Å². The monoisotopic (exact) mass is 418 g/mol. The van der Waals surface area contributed by atoms with Gasteiger partial charge in [-0.2, -0.15) is 0 Å². The number of nitrogens with two attached hydrogens (primary N) is 1. The largest absolute Gasteiger partial charge is 0.435 e. The summed E-state index contributed by atoms with van der Waals surface area (Å²) in [5.41, 5.74) is 6.82. The van der Waals surface area contributed by atoms with Crippen LogP contribution in [0.1, 0.15) is 0 Å². The van der Waals surface area contributed by atoms with Crippen LogP contribution in [0.5, 0.6) is 11.6 Å². The number of aryl methyl sites for hydroxylation is 1. The number of pyridine rings is 2. The lowest BCUT2D eigenvalue weighted by Gasteiger charge is -2.14. The minimum Gasteiger partial charge on any atom is -0.435 e. The molecule has 1 aromatic carbocycles. The zero-order valence-corrected chi connectivity index (χ0v) is 15.7. The van der Waals surface area contributed by atoms with Crippen LogP contribution in [0.2, 0.25) is 0 Å². The maximum Gasteiger partial charge on any atom is 0.259 e. The number of hydrogen-bond acceptors (Lipinski definition) is 5. The molecule has 0 bridgehead atoms. The molecule has 4 rings (SSSR count). The Morgan fingerprint density at radius 3 is 2.69 bits per heavy atom. The van der Waals surface area contributed by atoms with Crippen LogP contribution in [0, 0.1) is 11.6 Å². The minimum absolute atomic E-state index is 0.0405. The Bertz CT molecular complexity index is 1300. The van der Waals surface area contributed by atoms with Gasteiger partial charge in [0.05, 0.1) is 28.4 Å². The van der Waals surface area contributed by atoms with E-state index in [1.165, 1.54) is 39.3 Å². The summed E-state index contributed by atoms with van der Waals surface area (Å²) in [5, 5.41) is 0.275. The van der Waals surface area contributed by atoms with E-state index in [1.54, 1.807) is 7.05 Å². The zero-order valence-electron chi connectivity index (χ0n) is 14.9. The molecule has 29 heavy (non-hydrogen) atoms. The summed E-state index contributed by atoms with van der Waals surface area (Å²) >= 11 is -0.0792. The standard InChI is InChI=1S/C19H13F3N4O2S/c1-25-9-14(17-12(19(25)27)4-5-26(17)29-22)13-7-11(23)8-24-18(13)28-16-3-2-10(20)6-15(16)21/h2-9H,23H2,1H3. The van der Waals surface area contributed by atoms with Crippen LogP contribution in [0.3, 0.4) is 0 Å². The lowest BCUT2D eigenvalue weighted by Crippen LogP contribution is -2.16. The van der Waals surface area contributed by atoms with E-state index in [2.05, 4.69) is 4.98 Å². The molecule has 0 aliphatic heterocycles. The molecule has 0 unspecified atom stereocenters. The van der Waals surface area contributed by atoms with Crippen LogP contribution in [0.4, 0.5) is 18.4 Å². The van der Waals surface area contributed by atoms with E-state index < -0.39 is 11.6 Å². The summed E-state index contributed by atoms with van der Waals surface area (Å²) < 4.78 is 48.8. The quantitative estimate of drug-likeness (QED) is 0.531. The topological polar surface area (TPSA) is 75.1 Å². The van der Waals surface area contributed by atoms with Crippen molar-refractivity contribution in [2.24, 2.45) is 7.05 Å². The zero-order chi connectivity index (χ0) is 20.7. The van der Waals surface area contributed by atoms with Gasteiger partial charge in [0.1, 0.15) is 5.82 Å². The summed E-state index contributed by atoms with van der Waals surface area (Å²) in [6.07, 6.45) is 4.21. The number of fused-ring (bicyclic) bond motifs is 1. The lowest BCUT2D eigenvalue weighted by atomic mass is 10.1. The number of nitrogens with zero attached hydrogens (tertiary/aromatic N) is 3. The van der Waals surface area contributed by atoms with Crippen LogP contribution < -0.4 is 16.0 Å². The third-order valence-corrected chi connectivity index (χ3v) is 4.77. The SMILES string of the molecule is Cn1cc(-c2cc(N)cnc2Oc2ccc(F)cc2F)c2c(ccn2SF)c1=O. The Labute approximate surface area is 166 Å². The molecule has 0 aliphatic carbocycles. The molecule has 0 atom stereocenters. The molecule has 0 saturated carbocycles. The first-order valence-corrected chi connectivity index (χ1v) is 8.95. The predicted octanol–water partition coefficient (Wildman–Crippen LogP) is 4.44. The van der Waals surface area contributed by atoms with Crippen molar-refractivity contribution in [3.05, 3.63) is 70.9 Å². The number of hydrogen-bond donors (Lipinski definition) is 1. The third kappa shape index (κ3) is 3.31. The molecule has 0 aliphatic rings. The molecule has 3 aromatic heterocycles. The number of benzene rings is 1. The van der Waals surface area contributed by atoms with Crippen molar-refractivity contribution >= 4 is 28.9 Å². The van der Waals surface area contributed by atoms with E-state index in [0.717, 1.165) is 12.1 Å². The van der Waals surface area contributed by atoms with Gasteiger partial charge in [-0.1, -0.05) is 0 Å². The van der Waals surface area contributed by atoms with Gasteiger partial charge < -0.3 is 15.0 Å². The van der Waals surface area contributed by atoms with Crippen molar-refractivity contribution in [2.45, 2.75) is 0 Å². The summed E-state index contributed by atoms with van der Waals surface area (Å²) in [6, 6.07) is 5.87. The Balaban J connectivity index is 1.97. The van der Waals surface area contributed by atoms with E-state index in [1.807, 2.05) is 0 Å². The van der Waals surface area contributed by atoms with Crippen LogP contribution in [0.15, 0.2) is 53.7 Å². The molecule has 6 nitrogen and oxygen atoms in total. The highest BCUT2D eigenvalue weighted by Crippen LogP contribution is 2.38.